The molecule has 1 saturated heterocycles. The highest BCUT2D eigenvalue weighted by atomic mass is 79.9. The van der Waals surface area contributed by atoms with Gasteiger partial charge in [-0.15, -0.1) is 0 Å². The van der Waals surface area contributed by atoms with Crippen LogP contribution in [0.4, 0.5) is 0 Å². The lowest BCUT2D eigenvalue weighted by molar-refractivity contribution is -0.0233. The Morgan fingerprint density at radius 3 is 2.88 bits per heavy atom. The van der Waals surface area contributed by atoms with Crippen molar-refractivity contribution < 1.29 is 4.74 Å². The van der Waals surface area contributed by atoms with Crippen molar-refractivity contribution in [2.45, 2.75) is 6.04 Å². The van der Waals surface area contributed by atoms with Crippen LogP contribution in [0.15, 0.2) is 15.6 Å². The van der Waals surface area contributed by atoms with E-state index in [-0.39, 0.29) is 11.7 Å². The molecule has 7 heteroatoms. The Hall–Kier alpha value is -1.21. The van der Waals surface area contributed by atoms with Gasteiger partial charge in [-0.25, -0.2) is 14.8 Å². The lowest BCUT2D eigenvalue weighted by Gasteiger charge is -2.26. The van der Waals surface area contributed by atoms with Crippen LogP contribution in [0, 0.1) is 0 Å². The number of nitrogens with zero attached hydrogens (tertiary/aromatic N) is 4. The minimum absolute atomic E-state index is 0.0831. The second-order valence-corrected chi connectivity index (χ2v) is 4.56. The van der Waals surface area contributed by atoms with Gasteiger partial charge in [0.05, 0.1) is 25.5 Å². The van der Waals surface area contributed by atoms with Crippen molar-refractivity contribution in [3.05, 3.63) is 21.3 Å². The van der Waals surface area contributed by atoms with E-state index in [1.165, 1.54) is 4.57 Å². The first-order valence-corrected chi connectivity index (χ1v) is 5.65. The highest BCUT2D eigenvalue weighted by Gasteiger charge is 2.26. The first-order valence-electron chi connectivity index (χ1n) is 4.85. The Balaban J connectivity index is 2.36. The molecule has 1 fully saturated rings. The molecule has 0 aliphatic carbocycles. The normalized spacial score (nSPS) is 16.6. The fourth-order valence-electron chi connectivity index (χ4n) is 1.79. The van der Waals surface area contributed by atoms with Crippen molar-refractivity contribution in [1.29, 1.82) is 0 Å². The van der Waals surface area contributed by atoms with Crippen LogP contribution in [-0.4, -0.2) is 32.3 Å². The van der Waals surface area contributed by atoms with Crippen LogP contribution >= 0.6 is 15.9 Å². The molecule has 0 unspecified atom stereocenters. The van der Waals surface area contributed by atoms with Gasteiger partial charge in [0, 0.05) is 7.05 Å². The molecule has 6 nitrogen and oxygen atoms in total. The van der Waals surface area contributed by atoms with Crippen molar-refractivity contribution in [2.75, 3.05) is 13.2 Å². The zero-order valence-corrected chi connectivity index (χ0v) is 10.1. The lowest BCUT2D eigenvalue weighted by Crippen LogP contribution is -2.37. The Morgan fingerprint density at radius 2 is 2.25 bits per heavy atom. The smallest absolute Gasteiger partial charge is 0.331 e. The number of halogens is 1. The number of aromatic nitrogens is 4. The van der Waals surface area contributed by atoms with Gasteiger partial charge >= 0.3 is 5.69 Å². The van der Waals surface area contributed by atoms with Crippen LogP contribution < -0.4 is 5.69 Å². The number of hydrogen-bond donors (Lipinski definition) is 0. The third-order valence-corrected chi connectivity index (χ3v) is 3.11. The maximum Gasteiger partial charge on any atom is 0.331 e. The van der Waals surface area contributed by atoms with Gasteiger partial charge in [-0.2, -0.15) is 0 Å². The van der Waals surface area contributed by atoms with E-state index in [1.807, 2.05) is 0 Å². The van der Waals surface area contributed by atoms with Gasteiger partial charge in [0.25, 0.3) is 0 Å². The summed E-state index contributed by atoms with van der Waals surface area (Å²) in [6.07, 6.45) is 1.59. The van der Waals surface area contributed by atoms with Gasteiger partial charge in [-0.1, -0.05) is 0 Å². The Morgan fingerprint density at radius 1 is 1.50 bits per heavy atom. The number of fused-ring (bicyclic) bond motifs is 1. The quantitative estimate of drug-likeness (QED) is 0.764. The molecule has 0 atom stereocenters. The van der Waals surface area contributed by atoms with Gasteiger partial charge in [-0.05, 0) is 15.9 Å². The van der Waals surface area contributed by atoms with E-state index >= 15 is 0 Å². The fraction of sp³-hybridized carbons (Fsp3) is 0.444. The third kappa shape index (κ3) is 1.24. The van der Waals surface area contributed by atoms with Crippen LogP contribution in [0.2, 0.25) is 0 Å². The fourth-order valence-corrected chi connectivity index (χ4v) is 2.06. The Bertz CT molecular complexity index is 614. The molecule has 3 heterocycles. The van der Waals surface area contributed by atoms with Crippen molar-refractivity contribution in [1.82, 2.24) is 19.1 Å². The summed E-state index contributed by atoms with van der Waals surface area (Å²) in [5.41, 5.74) is 1.11. The van der Waals surface area contributed by atoms with Crippen molar-refractivity contribution in [3.8, 4) is 0 Å². The Kier molecular flexibility index (Phi) is 2.11. The second-order valence-electron chi connectivity index (χ2n) is 3.74. The number of rotatable bonds is 1. The highest BCUT2D eigenvalue weighted by molar-refractivity contribution is 9.10. The molecule has 0 amide bonds. The maximum absolute atomic E-state index is 12.0. The average Bonchev–Trinajstić information content (AvgIpc) is 2.41. The zero-order valence-electron chi connectivity index (χ0n) is 8.55. The highest BCUT2D eigenvalue weighted by Crippen LogP contribution is 2.20. The third-order valence-electron chi connectivity index (χ3n) is 2.73. The number of imidazole rings is 1. The predicted octanol–water partition coefficient (Wildman–Crippen LogP) is 0.464. The molecular weight excluding hydrogens is 276 g/mol. The van der Waals surface area contributed by atoms with E-state index in [2.05, 4.69) is 25.9 Å². The molecule has 0 saturated carbocycles. The van der Waals surface area contributed by atoms with E-state index in [4.69, 9.17) is 4.74 Å². The molecule has 84 valence electrons. The summed E-state index contributed by atoms with van der Waals surface area (Å²) in [5, 5.41) is 0. The van der Waals surface area contributed by atoms with E-state index in [0.29, 0.717) is 29.1 Å². The van der Waals surface area contributed by atoms with Crippen LogP contribution in [-0.2, 0) is 11.8 Å². The summed E-state index contributed by atoms with van der Waals surface area (Å²) in [6.45, 7) is 1.13. The molecule has 16 heavy (non-hydrogen) atoms. The molecular formula is C9H9BrN4O2. The predicted molar refractivity (Wildman–Crippen MR) is 60.3 cm³/mol. The summed E-state index contributed by atoms with van der Waals surface area (Å²) >= 11 is 3.26. The van der Waals surface area contributed by atoms with Crippen LogP contribution in [0.5, 0.6) is 0 Å². The number of ether oxygens (including phenoxy) is 1. The monoisotopic (exact) mass is 284 g/mol. The van der Waals surface area contributed by atoms with Gasteiger partial charge in [0.15, 0.2) is 11.3 Å². The van der Waals surface area contributed by atoms with Crippen molar-refractivity contribution in [3.63, 3.8) is 0 Å². The standard InChI is InChI=1S/C9H9BrN4O2/c1-13-7-8(12-6(10)2-11-7)14(9(13)15)5-3-16-4-5/h2,5H,3-4H2,1H3. The molecule has 0 spiro atoms. The Labute approximate surface area is 99.0 Å². The van der Waals surface area contributed by atoms with Gasteiger partial charge in [-0.3, -0.25) is 9.13 Å². The van der Waals surface area contributed by atoms with Crippen molar-refractivity contribution >= 4 is 27.2 Å². The summed E-state index contributed by atoms with van der Waals surface area (Å²) in [4.78, 5) is 20.5. The second kappa shape index (κ2) is 3.39. The topological polar surface area (TPSA) is 61.9 Å². The SMILES string of the molecule is Cn1c(=O)n(C2COC2)c2nc(Br)cnc21. The largest absolute Gasteiger partial charge is 0.377 e. The minimum Gasteiger partial charge on any atom is -0.377 e. The summed E-state index contributed by atoms with van der Waals surface area (Å²) in [6, 6.07) is 0.0831. The molecule has 2 aromatic heterocycles. The van der Waals surface area contributed by atoms with Gasteiger partial charge < -0.3 is 4.74 Å². The van der Waals surface area contributed by atoms with Crippen molar-refractivity contribution in [2.24, 2.45) is 7.05 Å². The molecule has 2 aromatic rings. The van der Waals surface area contributed by atoms with Crippen LogP contribution in [0.1, 0.15) is 6.04 Å². The molecule has 1 aliphatic heterocycles. The van der Waals surface area contributed by atoms with E-state index in [9.17, 15) is 4.79 Å². The first-order chi connectivity index (χ1) is 7.68. The van der Waals surface area contributed by atoms with E-state index < -0.39 is 0 Å². The molecule has 3 rings (SSSR count). The first kappa shape index (κ1) is 9.98. The molecule has 1 aliphatic rings. The van der Waals surface area contributed by atoms with E-state index in [1.54, 1.807) is 17.8 Å². The minimum atomic E-state index is -0.0959. The lowest BCUT2D eigenvalue weighted by atomic mass is 10.2. The zero-order chi connectivity index (χ0) is 11.3. The molecule has 0 aromatic carbocycles. The maximum atomic E-state index is 12.0. The molecule has 0 N–H and O–H groups in total. The summed E-state index contributed by atoms with van der Waals surface area (Å²) in [5.74, 6) is 0. The molecule has 0 bridgehead atoms. The summed E-state index contributed by atoms with van der Waals surface area (Å²) in [7, 11) is 1.70. The van der Waals surface area contributed by atoms with Crippen LogP contribution in [0.3, 0.4) is 0 Å². The van der Waals surface area contributed by atoms with Gasteiger partial charge in [0.2, 0.25) is 0 Å². The average molecular weight is 285 g/mol. The molecule has 0 radical (unpaired) electrons. The van der Waals surface area contributed by atoms with Gasteiger partial charge in [0.1, 0.15) is 4.60 Å². The van der Waals surface area contributed by atoms with Crippen LogP contribution in [0.25, 0.3) is 11.3 Å². The van der Waals surface area contributed by atoms with E-state index in [0.717, 1.165) is 0 Å². The number of hydrogen-bond acceptors (Lipinski definition) is 4. The number of aryl methyl sites for hydroxylation is 1. The summed E-state index contributed by atoms with van der Waals surface area (Å²) < 4.78 is 8.88.